The van der Waals surface area contributed by atoms with Crippen LogP contribution in [-0.4, -0.2) is 44.0 Å². The van der Waals surface area contributed by atoms with Crippen molar-refractivity contribution in [1.82, 2.24) is 20.4 Å². The fourth-order valence-electron chi connectivity index (χ4n) is 3.38. The van der Waals surface area contributed by atoms with Crippen LogP contribution in [0.3, 0.4) is 0 Å². The van der Waals surface area contributed by atoms with E-state index in [0.29, 0.717) is 17.8 Å². The molecule has 3 unspecified atom stereocenters. The topological polar surface area (TPSA) is 71.3 Å². The second-order valence-electron chi connectivity index (χ2n) is 6.50. The van der Waals surface area contributed by atoms with Gasteiger partial charge in [0.2, 0.25) is 0 Å². The molecular weight excluding hydrogens is 449 g/mol. The van der Waals surface area contributed by atoms with Gasteiger partial charge < -0.3 is 10.6 Å². The predicted octanol–water partition coefficient (Wildman–Crippen LogP) is 2.40. The van der Waals surface area contributed by atoms with Crippen molar-refractivity contribution >= 4 is 40.7 Å². The Labute approximate surface area is 171 Å². The largest absolute Gasteiger partial charge is 0.354 e. The first kappa shape index (κ1) is 22.4. The zero-order chi connectivity index (χ0) is 17.7. The van der Waals surface area contributed by atoms with Gasteiger partial charge in [-0.25, -0.2) is 0 Å². The van der Waals surface area contributed by atoms with Crippen LogP contribution in [0, 0.1) is 13.8 Å². The molecule has 6 nitrogen and oxygen atoms in total. The monoisotopic (exact) mass is 481 g/mol. The number of aliphatic imine (C=N–C) groups is 1. The first-order valence-corrected chi connectivity index (χ1v) is 10.2. The van der Waals surface area contributed by atoms with Crippen LogP contribution in [-0.2, 0) is 24.4 Å². The van der Waals surface area contributed by atoms with Crippen molar-refractivity contribution in [3.63, 3.8) is 0 Å². The van der Waals surface area contributed by atoms with Crippen molar-refractivity contribution in [3.05, 3.63) is 17.0 Å². The van der Waals surface area contributed by atoms with E-state index in [2.05, 4.69) is 27.6 Å². The molecule has 0 amide bonds. The summed E-state index contributed by atoms with van der Waals surface area (Å²) in [6.45, 7) is 6.83. The van der Waals surface area contributed by atoms with E-state index in [1.54, 1.807) is 7.05 Å². The van der Waals surface area contributed by atoms with Crippen molar-refractivity contribution < 1.29 is 4.21 Å². The minimum Gasteiger partial charge on any atom is -0.354 e. The van der Waals surface area contributed by atoms with E-state index in [1.807, 2.05) is 25.6 Å². The highest BCUT2D eigenvalue weighted by Gasteiger charge is 2.26. The van der Waals surface area contributed by atoms with Crippen LogP contribution >= 0.6 is 24.0 Å². The molecule has 0 saturated heterocycles. The molecule has 0 spiro atoms. The molecule has 1 aromatic heterocycles. The van der Waals surface area contributed by atoms with Crippen molar-refractivity contribution in [3.8, 4) is 0 Å². The lowest BCUT2D eigenvalue weighted by Crippen LogP contribution is -2.46. The molecule has 2 N–H and O–H groups in total. The Hall–Kier alpha value is -0.640. The van der Waals surface area contributed by atoms with Gasteiger partial charge in [-0.3, -0.25) is 13.9 Å². The SMILES string of the molecule is CCS(=O)C1CCCC(NC(=NC)NCc2c(C)nn(C)c2C)C1.I. The molecule has 1 fully saturated rings. The van der Waals surface area contributed by atoms with Gasteiger partial charge in [-0.05, 0) is 33.1 Å². The maximum Gasteiger partial charge on any atom is 0.191 e. The van der Waals surface area contributed by atoms with Gasteiger partial charge in [-0.2, -0.15) is 5.10 Å². The highest BCUT2D eigenvalue weighted by atomic mass is 127. The van der Waals surface area contributed by atoms with Crippen LogP contribution < -0.4 is 10.6 Å². The first-order valence-electron chi connectivity index (χ1n) is 8.79. The third-order valence-electron chi connectivity index (χ3n) is 4.94. The molecule has 1 aliphatic rings. The third-order valence-corrected chi connectivity index (χ3v) is 6.68. The number of guanidine groups is 1. The lowest BCUT2D eigenvalue weighted by molar-refractivity contribution is 0.413. The van der Waals surface area contributed by atoms with E-state index < -0.39 is 10.8 Å². The lowest BCUT2D eigenvalue weighted by atomic mass is 9.95. The van der Waals surface area contributed by atoms with Crippen molar-refractivity contribution in [2.75, 3.05) is 12.8 Å². The van der Waals surface area contributed by atoms with Crippen LogP contribution in [0.5, 0.6) is 0 Å². The summed E-state index contributed by atoms with van der Waals surface area (Å²) in [6, 6.07) is 0.349. The molecule has 3 atom stereocenters. The van der Waals surface area contributed by atoms with Gasteiger partial charge in [0.25, 0.3) is 0 Å². The first-order chi connectivity index (χ1) is 11.5. The van der Waals surface area contributed by atoms with Crippen LogP contribution in [0.15, 0.2) is 4.99 Å². The fourth-order valence-corrected chi connectivity index (χ4v) is 4.73. The molecule has 8 heteroatoms. The van der Waals surface area contributed by atoms with Gasteiger partial charge in [0.1, 0.15) is 0 Å². The molecule has 1 aliphatic carbocycles. The normalized spacial score (nSPS) is 22.2. The zero-order valence-electron chi connectivity index (χ0n) is 16.0. The molecule has 0 aromatic carbocycles. The van der Waals surface area contributed by atoms with Gasteiger partial charge in [-0.15, -0.1) is 24.0 Å². The molecule has 25 heavy (non-hydrogen) atoms. The van der Waals surface area contributed by atoms with Crippen LogP contribution in [0.1, 0.15) is 49.6 Å². The molecule has 0 bridgehead atoms. The number of aromatic nitrogens is 2. The molecule has 1 heterocycles. The summed E-state index contributed by atoms with van der Waals surface area (Å²) in [5.41, 5.74) is 3.44. The number of rotatable bonds is 5. The number of hydrogen-bond acceptors (Lipinski definition) is 3. The average Bonchev–Trinajstić information content (AvgIpc) is 2.83. The minimum absolute atomic E-state index is 0. The Balaban J connectivity index is 0.00000312. The second-order valence-corrected chi connectivity index (χ2v) is 8.50. The Morgan fingerprint density at radius 3 is 2.68 bits per heavy atom. The summed E-state index contributed by atoms with van der Waals surface area (Å²) >= 11 is 0. The average molecular weight is 481 g/mol. The van der Waals surface area contributed by atoms with Gasteiger partial charge in [-0.1, -0.05) is 13.3 Å². The summed E-state index contributed by atoms with van der Waals surface area (Å²) in [7, 11) is 3.06. The highest BCUT2D eigenvalue weighted by Crippen LogP contribution is 2.23. The van der Waals surface area contributed by atoms with Crippen LogP contribution in [0.4, 0.5) is 0 Å². The molecule has 2 rings (SSSR count). The Kier molecular flexibility index (Phi) is 9.40. The summed E-state index contributed by atoms with van der Waals surface area (Å²) in [5.74, 6) is 1.56. The third kappa shape index (κ3) is 5.94. The number of hydrogen-bond donors (Lipinski definition) is 2. The Morgan fingerprint density at radius 1 is 1.40 bits per heavy atom. The molecule has 0 radical (unpaired) electrons. The van der Waals surface area contributed by atoms with Crippen LogP contribution in [0.25, 0.3) is 0 Å². The number of halogens is 1. The van der Waals surface area contributed by atoms with E-state index in [-0.39, 0.29) is 24.0 Å². The maximum absolute atomic E-state index is 12.1. The lowest BCUT2D eigenvalue weighted by Gasteiger charge is -2.30. The Morgan fingerprint density at radius 2 is 2.12 bits per heavy atom. The van der Waals surface area contributed by atoms with Crippen molar-refractivity contribution in [2.24, 2.45) is 12.0 Å². The zero-order valence-corrected chi connectivity index (χ0v) is 19.1. The van der Waals surface area contributed by atoms with E-state index >= 15 is 0 Å². The smallest absolute Gasteiger partial charge is 0.191 e. The molecule has 144 valence electrons. The minimum atomic E-state index is -0.699. The second kappa shape index (κ2) is 10.5. The summed E-state index contributed by atoms with van der Waals surface area (Å²) in [5, 5.41) is 11.7. The highest BCUT2D eigenvalue weighted by molar-refractivity contribution is 14.0. The van der Waals surface area contributed by atoms with Gasteiger partial charge in [0.05, 0.1) is 5.69 Å². The van der Waals surface area contributed by atoms with E-state index in [9.17, 15) is 4.21 Å². The maximum atomic E-state index is 12.1. The Bertz CT molecular complexity index is 616. The van der Waals surface area contributed by atoms with Crippen molar-refractivity contribution in [1.29, 1.82) is 0 Å². The van der Waals surface area contributed by atoms with Gasteiger partial charge in [0.15, 0.2) is 5.96 Å². The standard InChI is InChI=1S/C17H31N5OS.HI/c1-6-24(23)15-9-7-8-14(10-15)20-17(18-4)19-11-16-12(2)21-22(5)13(16)3;/h14-15H,6-11H2,1-5H3,(H2,18,19,20);1H. The molecule has 1 saturated carbocycles. The quantitative estimate of drug-likeness (QED) is 0.385. The summed E-state index contributed by atoms with van der Waals surface area (Å²) < 4.78 is 14.0. The van der Waals surface area contributed by atoms with Crippen molar-refractivity contribution in [2.45, 2.75) is 64.3 Å². The van der Waals surface area contributed by atoms with E-state index in [1.165, 1.54) is 11.3 Å². The fraction of sp³-hybridized carbons (Fsp3) is 0.765. The van der Waals surface area contributed by atoms with Gasteiger partial charge >= 0.3 is 0 Å². The van der Waals surface area contributed by atoms with E-state index in [4.69, 9.17) is 0 Å². The summed E-state index contributed by atoms with van der Waals surface area (Å²) in [6.07, 6.45) is 4.29. The number of nitrogens with one attached hydrogen (secondary N) is 2. The number of aryl methyl sites for hydroxylation is 2. The summed E-state index contributed by atoms with van der Waals surface area (Å²) in [4.78, 5) is 4.34. The molecule has 1 aromatic rings. The number of nitrogens with zero attached hydrogens (tertiary/aromatic N) is 3. The molecular formula is C17H32IN5OS. The van der Waals surface area contributed by atoms with Crippen LogP contribution in [0.2, 0.25) is 0 Å². The predicted molar refractivity (Wildman–Crippen MR) is 116 cm³/mol. The van der Waals surface area contributed by atoms with Gasteiger partial charge in [0, 0.05) is 59.7 Å². The van der Waals surface area contributed by atoms with E-state index in [0.717, 1.165) is 43.1 Å². The molecule has 0 aliphatic heterocycles.